The SMILES string of the molecule is O=C(NCc1cc(-c2ccc(C(F)(F)F)cc2)nc(N2CCN(Cc3ccccn3)CC2)n1)C1CCCN1S(=O)(=O)c1ccc(F)cc1. The number of nitrogens with one attached hydrogen (secondary N) is 1. The predicted octanol–water partition coefficient (Wildman–Crippen LogP) is 4.49. The van der Waals surface area contributed by atoms with Crippen LogP contribution in [0.15, 0.2) is 83.9 Å². The minimum atomic E-state index is -4.49. The number of hydrogen-bond donors (Lipinski definition) is 1. The Hall–Kier alpha value is -4.47. The number of rotatable bonds is 9. The summed E-state index contributed by atoms with van der Waals surface area (Å²) in [6.45, 7) is 3.35. The Kier molecular flexibility index (Phi) is 9.71. The number of carbonyl (C=O) groups excluding carboxylic acids is 1. The highest BCUT2D eigenvalue weighted by atomic mass is 32.2. The van der Waals surface area contributed by atoms with Gasteiger partial charge in [0.25, 0.3) is 0 Å². The van der Waals surface area contributed by atoms with E-state index in [4.69, 9.17) is 9.97 Å². The lowest BCUT2D eigenvalue weighted by Gasteiger charge is -2.34. The number of benzene rings is 2. The second-order valence-corrected chi connectivity index (χ2v) is 13.5. The third-order valence-corrected chi connectivity index (χ3v) is 10.3. The van der Waals surface area contributed by atoms with Gasteiger partial charge in [-0.15, -0.1) is 0 Å². The molecule has 2 aliphatic rings. The lowest BCUT2D eigenvalue weighted by molar-refractivity contribution is -0.137. The number of halogens is 4. The maximum absolute atomic E-state index is 13.4. The Labute approximate surface area is 275 Å². The average molecular weight is 684 g/mol. The molecule has 252 valence electrons. The summed E-state index contributed by atoms with van der Waals surface area (Å²) in [6, 6.07) is 15.5. The van der Waals surface area contributed by atoms with Crippen molar-refractivity contribution in [3.05, 3.63) is 102 Å². The number of nitrogens with zero attached hydrogens (tertiary/aromatic N) is 6. The minimum Gasteiger partial charge on any atom is -0.349 e. The van der Waals surface area contributed by atoms with Gasteiger partial charge < -0.3 is 10.2 Å². The van der Waals surface area contributed by atoms with Crippen LogP contribution in [0.4, 0.5) is 23.5 Å². The topological polar surface area (TPSA) is 112 Å². The van der Waals surface area contributed by atoms with Crippen LogP contribution in [0.3, 0.4) is 0 Å². The van der Waals surface area contributed by atoms with Crippen molar-refractivity contribution in [2.24, 2.45) is 0 Å². The number of pyridine rings is 1. The molecule has 48 heavy (non-hydrogen) atoms. The molecule has 4 heterocycles. The molecule has 0 spiro atoms. The van der Waals surface area contributed by atoms with E-state index in [0.29, 0.717) is 68.5 Å². The van der Waals surface area contributed by atoms with Crippen molar-refractivity contribution in [3.63, 3.8) is 0 Å². The van der Waals surface area contributed by atoms with Gasteiger partial charge in [-0.25, -0.2) is 22.8 Å². The van der Waals surface area contributed by atoms with Gasteiger partial charge in [-0.05, 0) is 67.4 Å². The summed E-state index contributed by atoms with van der Waals surface area (Å²) in [7, 11) is -4.05. The van der Waals surface area contributed by atoms with Gasteiger partial charge in [-0.3, -0.25) is 14.7 Å². The van der Waals surface area contributed by atoms with Gasteiger partial charge in [-0.1, -0.05) is 18.2 Å². The van der Waals surface area contributed by atoms with Gasteiger partial charge >= 0.3 is 6.18 Å². The third kappa shape index (κ3) is 7.63. The number of hydrogen-bond acceptors (Lipinski definition) is 8. The van der Waals surface area contributed by atoms with Crippen LogP contribution in [0.25, 0.3) is 11.3 Å². The fourth-order valence-electron chi connectivity index (χ4n) is 5.85. The van der Waals surface area contributed by atoms with E-state index in [1.54, 1.807) is 12.3 Å². The molecule has 2 aromatic carbocycles. The number of sulfonamides is 1. The molecule has 0 radical (unpaired) electrons. The number of carbonyl (C=O) groups is 1. The lowest BCUT2D eigenvalue weighted by atomic mass is 10.1. The average Bonchev–Trinajstić information content (AvgIpc) is 3.59. The maximum Gasteiger partial charge on any atom is 0.416 e. The second-order valence-electron chi connectivity index (χ2n) is 11.6. The van der Waals surface area contributed by atoms with Crippen molar-refractivity contribution in [2.45, 2.75) is 43.0 Å². The van der Waals surface area contributed by atoms with Crippen molar-refractivity contribution < 1.29 is 30.8 Å². The van der Waals surface area contributed by atoms with E-state index in [1.165, 1.54) is 24.3 Å². The molecule has 2 saturated heterocycles. The molecule has 2 aromatic heterocycles. The molecule has 0 saturated carbocycles. The number of anilines is 1. The molecule has 4 aromatic rings. The van der Waals surface area contributed by atoms with Crippen molar-refractivity contribution >= 4 is 21.9 Å². The standard InChI is InChI=1S/C33H33F4N7O3S/c34-25-10-12-28(13-11-25)48(46,47)44-15-3-5-30(44)31(45)39-21-27-20-29(23-6-8-24(9-7-23)33(35,36)37)41-32(40-27)43-18-16-42(17-19-43)22-26-4-1-2-14-38-26/h1-2,4,6-14,20,30H,3,5,15-19,21-22H2,(H,39,45). The first kappa shape index (κ1) is 33.4. The summed E-state index contributed by atoms with van der Waals surface area (Å²) in [5.41, 5.74) is 1.41. The highest BCUT2D eigenvalue weighted by Crippen LogP contribution is 2.31. The molecule has 15 heteroatoms. The molecule has 0 aliphatic carbocycles. The van der Waals surface area contributed by atoms with Crippen LogP contribution in [-0.4, -0.2) is 77.2 Å². The summed E-state index contributed by atoms with van der Waals surface area (Å²) < 4.78 is 80.9. The molecule has 10 nitrogen and oxygen atoms in total. The van der Waals surface area contributed by atoms with Gasteiger partial charge in [0.1, 0.15) is 11.9 Å². The van der Waals surface area contributed by atoms with E-state index in [9.17, 15) is 30.8 Å². The number of amides is 1. The van der Waals surface area contributed by atoms with Crippen LogP contribution in [0.1, 0.15) is 29.8 Å². The van der Waals surface area contributed by atoms with E-state index >= 15 is 0 Å². The minimum absolute atomic E-state index is 0.0669. The summed E-state index contributed by atoms with van der Waals surface area (Å²) in [6.07, 6.45) is -1.96. The number of piperazine rings is 1. The zero-order chi connectivity index (χ0) is 33.9. The fourth-order valence-corrected chi connectivity index (χ4v) is 7.50. The first-order valence-corrected chi connectivity index (χ1v) is 16.9. The molecule has 6 rings (SSSR count). The van der Waals surface area contributed by atoms with E-state index in [0.717, 1.165) is 34.3 Å². The van der Waals surface area contributed by atoms with Crippen LogP contribution in [0, 0.1) is 5.82 Å². The smallest absolute Gasteiger partial charge is 0.349 e. The molecule has 0 bridgehead atoms. The Morgan fingerprint density at radius 1 is 0.896 bits per heavy atom. The van der Waals surface area contributed by atoms with Gasteiger partial charge in [-0.2, -0.15) is 17.5 Å². The summed E-state index contributed by atoms with van der Waals surface area (Å²) in [5.74, 6) is -0.719. The van der Waals surface area contributed by atoms with Crippen LogP contribution in [-0.2, 0) is 34.1 Å². The predicted molar refractivity (Wildman–Crippen MR) is 169 cm³/mol. The molecule has 1 N–H and O–H groups in total. The van der Waals surface area contributed by atoms with Crippen molar-refractivity contribution in [1.82, 2.24) is 29.5 Å². The Morgan fingerprint density at radius 3 is 2.29 bits per heavy atom. The lowest BCUT2D eigenvalue weighted by Crippen LogP contribution is -2.47. The molecular formula is C33H33F4N7O3S. The summed E-state index contributed by atoms with van der Waals surface area (Å²) >= 11 is 0. The second kappa shape index (κ2) is 13.9. The Balaban J connectivity index is 1.20. The van der Waals surface area contributed by atoms with Crippen LogP contribution < -0.4 is 10.2 Å². The summed E-state index contributed by atoms with van der Waals surface area (Å²) in [5, 5.41) is 2.80. The largest absolute Gasteiger partial charge is 0.416 e. The zero-order valence-corrected chi connectivity index (χ0v) is 26.6. The molecule has 1 unspecified atom stereocenters. The molecule has 2 fully saturated rings. The first-order chi connectivity index (χ1) is 23.0. The molecule has 1 amide bonds. The van der Waals surface area contributed by atoms with Gasteiger partial charge in [0, 0.05) is 51.0 Å². The molecule has 2 aliphatic heterocycles. The highest BCUT2D eigenvalue weighted by Gasteiger charge is 2.39. The van der Waals surface area contributed by atoms with Crippen LogP contribution >= 0.6 is 0 Å². The van der Waals surface area contributed by atoms with Crippen molar-refractivity contribution in [3.8, 4) is 11.3 Å². The molecular weight excluding hydrogens is 650 g/mol. The highest BCUT2D eigenvalue weighted by molar-refractivity contribution is 7.89. The van der Waals surface area contributed by atoms with Gasteiger partial charge in [0.15, 0.2) is 0 Å². The third-order valence-electron chi connectivity index (χ3n) is 8.41. The van der Waals surface area contributed by atoms with Crippen molar-refractivity contribution in [2.75, 3.05) is 37.6 Å². The van der Waals surface area contributed by atoms with Crippen LogP contribution in [0.2, 0.25) is 0 Å². The van der Waals surface area contributed by atoms with E-state index in [2.05, 4.69) is 15.2 Å². The quantitative estimate of drug-likeness (QED) is 0.257. The molecule has 1 atom stereocenters. The van der Waals surface area contributed by atoms with E-state index < -0.39 is 39.5 Å². The maximum atomic E-state index is 13.4. The van der Waals surface area contributed by atoms with E-state index in [1.807, 2.05) is 23.1 Å². The number of aromatic nitrogens is 3. The zero-order valence-electron chi connectivity index (χ0n) is 25.8. The first-order valence-electron chi connectivity index (χ1n) is 15.5. The monoisotopic (exact) mass is 683 g/mol. The van der Waals surface area contributed by atoms with Gasteiger partial charge in [0.2, 0.25) is 21.9 Å². The normalized spacial score (nSPS) is 17.8. The van der Waals surface area contributed by atoms with Crippen molar-refractivity contribution in [1.29, 1.82) is 0 Å². The summed E-state index contributed by atoms with van der Waals surface area (Å²) in [4.78, 5) is 31.3. The Bertz CT molecular complexity index is 1840. The fraction of sp³-hybridized carbons (Fsp3) is 0.333. The Morgan fingerprint density at radius 2 is 1.62 bits per heavy atom. The number of alkyl halides is 3. The van der Waals surface area contributed by atoms with E-state index in [-0.39, 0.29) is 18.0 Å². The van der Waals surface area contributed by atoms with Crippen LogP contribution in [0.5, 0.6) is 0 Å². The van der Waals surface area contributed by atoms with Gasteiger partial charge in [0.05, 0.1) is 34.1 Å².